The maximum atomic E-state index is 13.0. The van der Waals surface area contributed by atoms with Crippen molar-refractivity contribution in [1.29, 1.82) is 0 Å². The molecule has 0 saturated carbocycles. The molecule has 26 heavy (non-hydrogen) atoms. The van der Waals surface area contributed by atoms with Gasteiger partial charge >= 0.3 is 5.97 Å². The van der Waals surface area contributed by atoms with Crippen LogP contribution in [-0.2, 0) is 9.53 Å². The van der Waals surface area contributed by atoms with Crippen LogP contribution in [-0.4, -0.2) is 40.6 Å². The molecule has 1 atom stereocenters. The molecular weight excluding hydrogens is 332 g/mol. The first-order valence-electron chi connectivity index (χ1n) is 8.80. The number of aromatic amines is 1. The summed E-state index contributed by atoms with van der Waals surface area (Å²) in [5.41, 5.74) is 1.19. The van der Waals surface area contributed by atoms with E-state index in [0.29, 0.717) is 24.2 Å². The van der Waals surface area contributed by atoms with Gasteiger partial charge in [-0.15, -0.1) is 0 Å². The van der Waals surface area contributed by atoms with E-state index in [0.717, 1.165) is 19.3 Å². The van der Waals surface area contributed by atoms with Gasteiger partial charge in [0.15, 0.2) is 5.78 Å². The number of nitrogens with one attached hydrogen (secondary N) is 1. The Kier molecular flexibility index (Phi) is 5.51. The zero-order valence-corrected chi connectivity index (χ0v) is 14.7. The number of ketones is 1. The molecule has 1 aromatic heterocycles. The number of H-pyrrole nitrogens is 1. The highest BCUT2D eigenvalue weighted by atomic mass is 16.5. The number of amides is 1. The van der Waals surface area contributed by atoms with Crippen LogP contribution in [0.15, 0.2) is 42.6 Å². The van der Waals surface area contributed by atoms with Gasteiger partial charge in [-0.3, -0.25) is 9.59 Å². The number of hydrogen-bond donors (Lipinski definition) is 1. The third-order valence-electron chi connectivity index (χ3n) is 4.53. The van der Waals surface area contributed by atoms with Crippen LogP contribution in [0.3, 0.4) is 0 Å². The van der Waals surface area contributed by atoms with E-state index < -0.39 is 12.1 Å². The normalized spacial score (nSPS) is 15.3. The minimum Gasteiger partial charge on any atom is -0.443 e. The molecule has 0 spiro atoms. The lowest BCUT2D eigenvalue weighted by molar-refractivity contribution is -0.142. The van der Waals surface area contributed by atoms with Gasteiger partial charge in [0.05, 0.1) is 0 Å². The Bertz CT molecular complexity index is 791. The van der Waals surface area contributed by atoms with Gasteiger partial charge in [0, 0.05) is 30.4 Å². The Morgan fingerprint density at radius 1 is 1.08 bits per heavy atom. The number of rotatable bonds is 5. The molecule has 6 nitrogen and oxygen atoms in total. The first-order valence-corrected chi connectivity index (χ1v) is 8.80. The highest BCUT2D eigenvalue weighted by molar-refractivity contribution is 5.98. The summed E-state index contributed by atoms with van der Waals surface area (Å²) >= 11 is 0. The van der Waals surface area contributed by atoms with E-state index in [1.807, 2.05) is 18.2 Å². The average molecular weight is 354 g/mol. The first-order chi connectivity index (χ1) is 12.6. The number of aromatic nitrogens is 1. The number of carbonyl (C=O) groups is 3. The van der Waals surface area contributed by atoms with E-state index in [-0.39, 0.29) is 17.4 Å². The lowest BCUT2D eigenvalue weighted by atomic mass is 10.1. The molecular formula is C20H22N2O4. The number of nitrogens with zero attached hydrogens (tertiary/aromatic N) is 1. The minimum absolute atomic E-state index is 0.149. The van der Waals surface area contributed by atoms with Crippen molar-refractivity contribution in [2.45, 2.75) is 32.3 Å². The number of Topliss-reactive ketones (excluding diaryl/α,β-unsaturated/α-hetero) is 1. The van der Waals surface area contributed by atoms with Gasteiger partial charge < -0.3 is 14.6 Å². The third kappa shape index (κ3) is 4.02. The second kappa shape index (κ2) is 7.99. The summed E-state index contributed by atoms with van der Waals surface area (Å²) in [5.74, 6) is -1.01. The smallest absolute Gasteiger partial charge is 0.355 e. The van der Waals surface area contributed by atoms with Crippen molar-refractivity contribution in [3.8, 4) is 0 Å². The number of esters is 1. The molecule has 1 amide bonds. The van der Waals surface area contributed by atoms with Crippen LogP contribution in [0.5, 0.6) is 0 Å². The van der Waals surface area contributed by atoms with Crippen molar-refractivity contribution in [1.82, 2.24) is 9.88 Å². The number of carbonyl (C=O) groups excluding carboxylic acids is 3. The Morgan fingerprint density at radius 3 is 2.38 bits per heavy atom. The second-order valence-electron chi connectivity index (χ2n) is 6.44. The molecule has 1 saturated heterocycles. The monoisotopic (exact) mass is 354 g/mol. The lowest BCUT2D eigenvalue weighted by Gasteiger charge is -2.30. The third-order valence-corrected chi connectivity index (χ3v) is 4.53. The second-order valence-corrected chi connectivity index (χ2v) is 6.44. The van der Waals surface area contributed by atoms with Crippen LogP contribution in [0.1, 0.15) is 58.7 Å². The molecule has 0 radical (unpaired) electrons. The summed E-state index contributed by atoms with van der Waals surface area (Å²) in [6, 6.07) is 10.4. The number of hydrogen-bond acceptors (Lipinski definition) is 4. The molecule has 1 aliphatic heterocycles. The van der Waals surface area contributed by atoms with Crippen LogP contribution >= 0.6 is 0 Å². The molecule has 6 heteroatoms. The quantitative estimate of drug-likeness (QED) is 0.661. The van der Waals surface area contributed by atoms with Crippen molar-refractivity contribution in [3.05, 3.63) is 59.4 Å². The van der Waals surface area contributed by atoms with Crippen molar-refractivity contribution < 1.29 is 19.1 Å². The summed E-state index contributed by atoms with van der Waals surface area (Å²) in [7, 11) is 0. The van der Waals surface area contributed by atoms with Crippen LogP contribution in [0.2, 0.25) is 0 Å². The summed E-state index contributed by atoms with van der Waals surface area (Å²) < 4.78 is 5.56. The zero-order valence-electron chi connectivity index (χ0n) is 14.7. The highest BCUT2D eigenvalue weighted by Crippen LogP contribution is 2.24. The Balaban J connectivity index is 1.82. The van der Waals surface area contributed by atoms with Crippen molar-refractivity contribution in [2.75, 3.05) is 13.1 Å². The predicted octanol–water partition coefficient (Wildman–Crippen LogP) is 3.13. The molecule has 0 aliphatic carbocycles. The molecule has 2 aromatic rings. The summed E-state index contributed by atoms with van der Waals surface area (Å²) in [6.45, 7) is 2.78. The van der Waals surface area contributed by atoms with Crippen molar-refractivity contribution in [3.63, 3.8) is 0 Å². The Hall–Kier alpha value is -2.89. The van der Waals surface area contributed by atoms with Gasteiger partial charge in [0.25, 0.3) is 5.91 Å². The fraction of sp³-hybridized carbons (Fsp3) is 0.350. The zero-order chi connectivity index (χ0) is 18.5. The van der Waals surface area contributed by atoms with E-state index in [1.54, 1.807) is 17.0 Å². The first kappa shape index (κ1) is 17.9. The van der Waals surface area contributed by atoms with Crippen LogP contribution < -0.4 is 0 Å². The predicted molar refractivity (Wildman–Crippen MR) is 95.8 cm³/mol. The van der Waals surface area contributed by atoms with E-state index in [4.69, 9.17) is 4.74 Å². The molecule has 3 rings (SSSR count). The molecule has 2 heterocycles. The molecule has 1 aromatic carbocycles. The van der Waals surface area contributed by atoms with Gasteiger partial charge in [-0.2, -0.15) is 0 Å². The largest absolute Gasteiger partial charge is 0.443 e. The van der Waals surface area contributed by atoms with Gasteiger partial charge in [0.2, 0.25) is 6.10 Å². The summed E-state index contributed by atoms with van der Waals surface area (Å²) in [5, 5.41) is 0. The standard InChI is InChI=1S/C20H22N2O4/c1-14(23)16-12-17(21-13-16)20(25)26-18(15-8-4-2-5-9-15)19(24)22-10-6-3-7-11-22/h2,4-5,8-9,12-13,18,21H,3,6-7,10-11H2,1H3/t18-/m0/s1. The Labute approximate surface area is 152 Å². The lowest BCUT2D eigenvalue weighted by Crippen LogP contribution is -2.40. The summed E-state index contributed by atoms with van der Waals surface area (Å²) in [4.78, 5) is 41.4. The van der Waals surface area contributed by atoms with Crippen LogP contribution in [0, 0.1) is 0 Å². The minimum atomic E-state index is -0.995. The number of benzene rings is 1. The van der Waals surface area contributed by atoms with Gasteiger partial charge in [-0.05, 0) is 32.3 Å². The van der Waals surface area contributed by atoms with Gasteiger partial charge in [-0.25, -0.2) is 4.79 Å². The number of likely N-dealkylation sites (tertiary alicyclic amines) is 1. The van der Waals surface area contributed by atoms with E-state index >= 15 is 0 Å². The highest BCUT2D eigenvalue weighted by Gasteiger charge is 2.31. The molecule has 1 N–H and O–H groups in total. The number of piperidine rings is 1. The van der Waals surface area contributed by atoms with Gasteiger partial charge in [-0.1, -0.05) is 30.3 Å². The van der Waals surface area contributed by atoms with Gasteiger partial charge in [0.1, 0.15) is 5.69 Å². The fourth-order valence-corrected chi connectivity index (χ4v) is 3.05. The Morgan fingerprint density at radius 2 is 1.77 bits per heavy atom. The van der Waals surface area contributed by atoms with Crippen LogP contribution in [0.4, 0.5) is 0 Å². The number of ether oxygens (including phenoxy) is 1. The molecule has 0 bridgehead atoms. The average Bonchev–Trinajstić information content (AvgIpc) is 3.17. The fourth-order valence-electron chi connectivity index (χ4n) is 3.05. The molecule has 0 unspecified atom stereocenters. The summed E-state index contributed by atoms with van der Waals surface area (Å²) in [6.07, 6.45) is 3.49. The van der Waals surface area contributed by atoms with Crippen LogP contribution in [0.25, 0.3) is 0 Å². The van der Waals surface area contributed by atoms with E-state index in [2.05, 4.69) is 4.98 Å². The molecule has 1 aliphatic rings. The maximum absolute atomic E-state index is 13.0. The van der Waals surface area contributed by atoms with E-state index in [9.17, 15) is 14.4 Å². The SMILES string of the molecule is CC(=O)c1c[nH]c(C(=O)O[C@H](C(=O)N2CCCCC2)c2ccccc2)c1. The molecule has 1 fully saturated rings. The maximum Gasteiger partial charge on any atom is 0.355 e. The molecule has 136 valence electrons. The van der Waals surface area contributed by atoms with Crippen molar-refractivity contribution >= 4 is 17.7 Å². The topological polar surface area (TPSA) is 79.5 Å². The van der Waals surface area contributed by atoms with E-state index in [1.165, 1.54) is 19.2 Å². The van der Waals surface area contributed by atoms with Crippen molar-refractivity contribution in [2.24, 2.45) is 0 Å².